The molecular weight excluding hydrogens is 556 g/mol. The highest BCUT2D eigenvalue weighted by Crippen LogP contribution is 2.35. The van der Waals surface area contributed by atoms with Crippen molar-refractivity contribution in [3.63, 3.8) is 0 Å². The number of nitrogens with zero attached hydrogens (tertiary/aromatic N) is 2. The summed E-state index contributed by atoms with van der Waals surface area (Å²) in [5.41, 5.74) is 5.13. The van der Waals surface area contributed by atoms with Crippen molar-refractivity contribution in [1.82, 2.24) is 10.3 Å². The normalized spacial score (nSPS) is 19.6. The van der Waals surface area contributed by atoms with Crippen LogP contribution >= 0.6 is 0 Å². The second kappa shape index (κ2) is 13.9. The number of hydrogen-bond donors (Lipinski definition) is 3. The fraction of sp³-hybridized carbons (Fsp3) is 0.371. The number of hydrogen-bond acceptors (Lipinski definition) is 6. The van der Waals surface area contributed by atoms with Crippen LogP contribution in [0.25, 0.3) is 0 Å². The van der Waals surface area contributed by atoms with Gasteiger partial charge in [0.15, 0.2) is 6.61 Å². The van der Waals surface area contributed by atoms with Gasteiger partial charge in [-0.1, -0.05) is 74.9 Å². The SMILES string of the molecule is CCCC(C)C(C(=O)Nc1cccc(C2CCN[C@@H]2C(=O)O)c1C)c1ccc(CN2N=C(c3ccccc3)OCC2=O)cc1. The molecule has 0 radical (unpaired) electrons. The molecule has 9 heteroatoms. The number of rotatable bonds is 11. The lowest BCUT2D eigenvalue weighted by molar-refractivity contribution is -0.139. The van der Waals surface area contributed by atoms with E-state index < -0.39 is 12.0 Å². The number of carboxylic acids is 1. The minimum Gasteiger partial charge on any atom is -0.480 e. The molecule has 0 aromatic heterocycles. The van der Waals surface area contributed by atoms with Crippen LogP contribution < -0.4 is 10.6 Å². The van der Waals surface area contributed by atoms with Crippen molar-refractivity contribution in [1.29, 1.82) is 0 Å². The highest BCUT2D eigenvalue weighted by atomic mass is 16.5. The summed E-state index contributed by atoms with van der Waals surface area (Å²) in [6.45, 7) is 7.01. The van der Waals surface area contributed by atoms with Gasteiger partial charge in [0.2, 0.25) is 11.8 Å². The maximum absolute atomic E-state index is 13.9. The van der Waals surface area contributed by atoms with Gasteiger partial charge in [0, 0.05) is 17.2 Å². The van der Waals surface area contributed by atoms with E-state index in [1.807, 2.05) is 79.7 Å². The predicted octanol–water partition coefficient (Wildman–Crippen LogP) is 5.40. The van der Waals surface area contributed by atoms with Gasteiger partial charge in [0.25, 0.3) is 5.91 Å². The lowest BCUT2D eigenvalue weighted by Gasteiger charge is -2.26. The van der Waals surface area contributed by atoms with Crippen molar-refractivity contribution >= 4 is 29.4 Å². The number of carbonyl (C=O) groups excluding carboxylic acids is 2. The minimum atomic E-state index is -0.861. The fourth-order valence-electron chi connectivity index (χ4n) is 6.31. The van der Waals surface area contributed by atoms with Crippen LogP contribution in [0.4, 0.5) is 5.69 Å². The smallest absolute Gasteiger partial charge is 0.321 e. The van der Waals surface area contributed by atoms with E-state index in [9.17, 15) is 19.5 Å². The van der Waals surface area contributed by atoms with E-state index in [4.69, 9.17) is 4.74 Å². The number of aliphatic carboxylic acids is 1. The molecule has 1 saturated heterocycles. The maximum atomic E-state index is 13.9. The minimum absolute atomic E-state index is 0.0720. The summed E-state index contributed by atoms with van der Waals surface area (Å²) in [5.74, 6) is -1.22. The van der Waals surface area contributed by atoms with Crippen LogP contribution in [0, 0.1) is 12.8 Å². The number of nitrogens with one attached hydrogen (secondary N) is 2. The van der Waals surface area contributed by atoms with Gasteiger partial charge < -0.3 is 20.5 Å². The van der Waals surface area contributed by atoms with Gasteiger partial charge in [-0.2, -0.15) is 0 Å². The Balaban J connectivity index is 1.34. The second-order valence-corrected chi connectivity index (χ2v) is 11.7. The van der Waals surface area contributed by atoms with Crippen LogP contribution in [0.3, 0.4) is 0 Å². The molecule has 2 heterocycles. The Morgan fingerprint density at radius 1 is 1.09 bits per heavy atom. The summed E-state index contributed by atoms with van der Waals surface area (Å²) in [6.07, 6.45) is 2.56. The van der Waals surface area contributed by atoms with Gasteiger partial charge in [-0.3, -0.25) is 14.4 Å². The van der Waals surface area contributed by atoms with Crippen LogP contribution in [0.2, 0.25) is 0 Å². The molecule has 1 fully saturated rings. The molecule has 3 unspecified atom stereocenters. The molecule has 9 nitrogen and oxygen atoms in total. The van der Waals surface area contributed by atoms with Crippen LogP contribution in [0.5, 0.6) is 0 Å². The summed E-state index contributed by atoms with van der Waals surface area (Å²) < 4.78 is 5.56. The lowest BCUT2D eigenvalue weighted by Crippen LogP contribution is -2.36. The summed E-state index contributed by atoms with van der Waals surface area (Å²) in [6, 6.07) is 22.4. The number of benzene rings is 3. The number of ether oxygens (including phenoxy) is 1. The van der Waals surface area contributed by atoms with Crippen LogP contribution in [0.1, 0.15) is 72.8 Å². The van der Waals surface area contributed by atoms with Crippen LogP contribution in [-0.2, 0) is 25.7 Å². The molecule has 4 atom stereocenters. The third kappa shape index (κ3) is 6.83. The Bertz CT molecular complexity index is 1520. The number of anilines is 1. The molecule has 3 N–H and O–H groups in total. The fourth-order valence-corrected chi connectivity index (χ4v) is 6.31. The number of carboxylic acid groups (broad SMARTS) is 1. The zero-order valence-electron chi connectivity index (χ0n) is 25.5. The summed E-state index contributed by atoms with van der Waals surface area (Å²) in [7, 11) is 0. The van der Waals surface area contributed by atoms with E-state index in [1.165, 1.54) is 5.01 Å². The molecule has 0 bridgehead atoms. The molecule has 0 aliphatic carbocycles. The van der Waals surface area contributed by atoms with Gasteiger partial charge in [-0.25, -0.2) is 5.01 Å². The third-order valence-corrected chi connectivity index (χ3v) is 8.64. The first-order chi connectivity index (χ1) is 21.3. The molecule has 230 valence electrons. The van der Waals surface area contributed by atoms with E-state index >= 15 is 0 Å². The van der Waals surface area contributed by atoms with Gasteiger partial charge in [0.05, 0.1) is 12.5 Å². The first-order valence-electron chi connectivity index (χ1n) is 15.3. The Hall–Kier alpha value is -4.50. The molecular formula is C35H40N4O5. The first-order valence-corrected chi connectivity index (χ1v) is 15.3. The van der Waals surface area contributed by atoms with E-state index in [2.05, 4.69) is 29.6 Å². The number of carbonyl (C=O) groups is 3. The summed E-state index contributed by atoms with van der Waals surface area (Å²) in [5, 5.41) is 21.8. The Morgan fingerprint density at radius 2 is 1.84 bits per heavy atom. The molecule has 2 aliphatic heterocycles. The Kier molecular flexibility index (Phi) is 9.75. The average molecular weight is 597 g/mol. The molecule has 44 heavy (non-hydrogen) atoms. The van der Waals surface area contributed by atoms with Crippen molar-refractivity contribution < 1.29 is 24.2 Å². The van der Waals surface area contributed by atoms with Crippen molar-refractivity contribution in [2.24, 2.45) is 11.0 Å². The predicted molar refractivity (Wildman–Crippen MR) is 169 cm³/mol. The Labute approximate surface area is 258 Å². The van der Waals surface area contributed by atoms with Gasteiger partial charge >= 0.3 is 5.97 Å². The van der Waals surface area contributed by atoms with E-state index in [0.717, 1.165) is 47.1 Å². The number of hydrazone groups is 1. The third-order valence-electron chi connectivity index (χ3n) is 8.64. The second-order valence-electron chi connectivity index (χ2n) is 11.7. The van der Waals surface area contributed by atoms with Crippen molar-refractivity contribution in [2.75, 3.05) is 18.5 Å². The first kappa shape index (κ1) is 30.9. The molecule has 2 aliphatic rings. The molecule has 3 aromatic rings. The van der Waals surface area contributed by atoms with E-state index in [-0.39, 0.29) is 36.2 Å². The van der Waals surface area contributed by atoms with Crippen LogP contribution in [0.15, 0.2) is 77.9 Å². The standard InChI is InChI=1S/C35H40N4O5/c1-4-9-22(2)31(33(41)37-29-13-8-12-27(23(29)3)28-18-19-36-32(28)35(42)43)25-16-14-24(15-17-25)20-39-30(40)21-44-34(38-39)26-10-6-5-7-11-26/h5-8,10-17,22,28,31-32,36H,4,9,18-21H2,1-3H3,(H,37,41)(H,42,43)/t22?,28?,31?,32-/m0/s1. The highest BCUT2D eigenvalue weighted by Gasteiger charge is 2.35. The summed E-state index contributed by atoms with van der Waals surface area (Å²) in [4.78, 5) is 38.3. The number of amides is 2. The largest absolute Gasteiger partial charge is 0.480 e. The average Bonchev–Trinajstić information content (AvgIpc) is 3.51. The summed E-state index contributed by atoms with van der Waals surface area (Å²) >= 11 is 0. The molecule has 0 spiro atoms. The molecule has 2 amide bonds. The van der Waals surface area contributed by atoms with E-state index in [0.29, 0.717) is 24.7 Å². The maximum Gasteiger partial charge on any atom is 0.321 e. The van der Waals surface area contributed by atoms with Crippen LogP contribution in [-0.4, -0.2) is 53.0 Å². The zero-order chi connectivity index (χ0) is 31.2. The van der Waals surface area contributed by atoms with Gasteiger partial charge in [-0.15, -0.1) is 5.10 Å². The van der Waals surface area contributed by atoms with E-state index in [1.54, 1.807) is 0 Å². The van der Waals surface area contributed by atoms with Gasteiger partial charge in [0.1, 0.15) is 6.04 Å². The topological polar surface area (TPSA) is 120 Å². The van der Waals surface area contributed by atoms with Gasteiger partial charge in [-0.05, 0) is 72.7 Å². The van der Waals surface area contributed by atoms with Crippen molar-refractivity contribution in [3.8, 4) is 0 Å². The quantitative estimate of drug-likeness (QED) is 0.273. The molecule has 3 aromatic carbocycles. The lowest BCUT2D eigenvalue weighted by atomic mass is 9.83. The molecule has 5 rings (SSSR count). The van der Waals surface area contributed by atoms with Crippen molar-refractivity contribution in [3.05, 3.63) is 101 Å². The Morgan fingerprint density at radius 3 is 2.55 bits per heavy atom. The highest BCUT2D eigenvalue weighted by molar-refractivity contribution is 5.98. The zero-order valence-corrected chi connectivity index (χ0v) is 25.5. The molecule has 0 saturated carbocycles. The monoisotopic (exact) mass is 596 g/mol. The van der Waals surface area contributed by atoms with Crippen molar-refractivity contribution in [2.45, 2.75) is 64.5 Å².